The van der Waals surface area contributed by atoms with Crippen molar-refractivity contribution in [3.63, 3.8) is 0 Å². The summed E-state index contributed by atoms with van der Waals surface area (Å²) < 4.78 is 5.49. The van der Waals surface area contributed by atoms with Gasteiger partial charge in [0.15, 0.2) is 0 Å². The number of aromatic nitrogens is 1. The van der Waals surface area contributed by atoms with Crippen LogP contribution in [0.1, 0.15) is 12.8 Å². The minimum absolute atomic E-state index is 0.0552. The minimum atomic E-state index is -0.422. The molecule has 0 atom stereocenters. The summed E-state index contributed by atoms with van der Waals surface area (Å²) in [4.78, 5) is 18.2. The second-order valence-corrected chi connectivity index (χ2v) is 5.87. The van der Waals surface area contributed by atoms with E-state index in [1.54, 1.807) is 36.7 Å². The van der Waals surface area contributed by atoms with Gasteiger partial charge in [-0.3, -0.25) is 10.3 Å². The average Bonchev–Trinajstić information content (AvgIpc) is 2.58. The number of anilines is 2. The third-order valence-electron chi connectivity index (χ3n) is 3.83. The lowest BCUT2D eigenvalue weighted by atomic mass is 10.1. The van der Waals surface area contributed by atoms with E-state index in [4.69, 9.17) is 16.3 Å². The summed E-state index contributed by atoms with van der Waals surface area (Å²) in [6, 6.07) is 10.9. The van der Waals surface area contributed by atoms with Crippen molar-refractivity contribution in [2.75, 3.05) is 23.3 Å². The molecule has 5 nitrogen and oxygen atoms in total. The quantitative estimate of drug-likeness (QED) is 0.925. The summed E-state index contributed by atoms with van der Waals surface area (Å²) in [7, 11) is 0. The molecule has 1 aliphatic heterocycles. The van der Waals surface area contributed by atoms with E-state index in [1.807, 2.05) is 12.1 Å². The first-order chi connectivity index (χ1) is 11.2. The molecule has 1 N–H and O–H groups in total. The molecule has 3 rings (SSSR count). The van der Waals surface area contributed by atoms with Gasteiger partial charge in [-0.25, -0.2) is 4.79 Å². The summed E-state index contributed by atoms with van der Waals surface area (Å²) in [6.07, 6.45) is 4.73. The molecule has 0 saturated carbocycles. The molecule has 0 radical (unpaired) electrons. The molecule has 120 valence electrons. The van der Waals surface area contributed by atoms with Gasteiger partial charge < -0.3 is 9.64 Å². The largest absolute Gasteiger partial charge is 0.446 e. The SMILES string of the molecule is O=C(Nc1ccc(Cl)cc1)OC1CCN(c2ccncc2)CC1. The van der Waals surface area contributed by atoms with Gasteiger partial charge in [0.1, 0.15) is 6.10 Å². The normalized spacial score (nSPS) is 15.3. The van der Waals surface area contributed by atoms with E-state index in [0.717, 1.165) is 31.6 Å². The van der Waals surface area contributed by atoms with Crippen LogP contribution < -0.4 is 10.2 Å². The van der Waals surface area contributed by atoms with E-state index in [2.05, 4.69) is 15.2 Å². The maximum atomic E-state index is 11.9. The van der Waals surface area contributed by atoms with Crippen LogP contribution in [0.3, 0.4) is 0 Å². The third kappa shape index (κ3) is 4.36. The number of ether oxygens (including phenoxy) is 1. The molecule has 1 saturated heterocycles. The zero-order chi connectivity index (χ0) is 16.1. The average molecular weight is 332 g/mol. The molecule has 2 aromatic rings. The Labute approximate surface area is 140 Å². The van der Waals surface area contributed by atoms with E-state index in [0.29, 0.717) is 10.7 Å². The second-order valence-electron chi connectivity index (χ2n) is 5.43. The second kappa shape index (κ2) is 7.33. The number of rotatable bonds is 3. The molecule has 0 bridgehead atoms. The fraction of sp³-hybridized carbons (Fsp3) is 0.294. The first kappa shape index (κ1) is 15.6. The van der Waals surface area contributed by atoms with Crippen molar-refractivity contribution >= 4 is 29.1 Å². The highest BCUT2D eigenvalue weighted by Gasteiger charge is 2.22. The van der Waals surface area contributed by atoms with Crippen molar-refractivity contribution in [1.29, 1.82) is 0 Å². The number of benzene rings is 1. The van der Waals surface area contributed by atoms with Crippen molar-refractivity contribution in [2.24, 2.45) is 0 Å². The Balaban J connectivity index is 1.47. The van der Waals surface area contributed by atoms with Gasteiger partial charge in [0.25, 0.3) is 0 Å². The molecule has 0 aliphatic carbocycles. The molecule has 23 heavy (non-hydrogen) atoms. The van der Waals surface area contributed by atoms with Gasteiger partial charge in [-0.2, -0.15) is 0 Å². The Bertz CT molecular complexity index is 641. The number of nitrogens with one attached hydrogen (secondary N) is 1. The predicted molar refractivity (Wildman–Crippen MR) is 91.0 cm³/mol. The standard InChI is InChI=1S/C17H18ClN3O2/c18-13-1-3-14(4-2-13)20-17(22)23-16-7-11-21(12-8-16)15-5-9-19-10-6-15/h1-6,9-10,16H,7-8,11-12H2,(H,20,22). The number of pyridine rings is 1. The molecule has 6 heteroatoms. The molecular formula is C17H18ClN3O2. The Morgan fingerprint density at radius 2 is 1.78 bits per heavy atom. The molecule has 1 amide bonds. The van der Waals surface area contributed by atoms with E-state index >= 15 is 0 Å². The number of carbonyl (C=O) groups is 1. The third-order valence-corrected chi connectivity index (χ3v) is 4.09. The van der Waals surface area contributed by atoms with Gasteiger partial charge in [-0.05, 0) is 36.4 Å². The Morgan fingerprint density at radius 1 is 1.13 bits per heavy atom. The maximum Gasteiger partial charge on any atom is 0.411 e. The number of hydrogen-bond donors (Lipinski definition) is 1. The monoisotopic (exact) mass is 331 g/mol. The van der Waals surface area contributed by atoms with E-state index in [1.165, 1.54) is 0 Å². The van der Waals surface area contributed by atoms with Crippen molar-refractivity contribution in [1.82, 2.24) is 4.98 Å². The summed E-state index contributed by atoms with van der Waals surface area (Å²) in [5.41, 5.74) is 1.83. The molecule has 1 aliphatic rings. The number of amides is 1. The zero-order valence-electron chi connectivity index (χ0n) is 12.6. The fourth-order valence-electron chi connectivity index (χ4n) is 2.62. The van der Waals surface area contributed by atoms with Crippen LogP contribution in [0.2, 0.25) is 5.02 Å². The Morgan fingerprint density at radius 3 is 2.43 bits per heavy atom. The Kier molecular flexibility index (Phi) is 4.98. The topological polar surface area (TPSA) is 54.5 Å². The van der Waals surface area contributed by atoms with Gasteiger partial charge in [0.05, 0.1) is 0 Å². The van der Waals surface area contributed by atoms with Gasteiger partial charge in [-0.1, -0.05) is 11.6 Å². The highest BCUT2D eigenvalue weighted by Crippen LogP contribution is 2.21. The molecule has 1 fully saturated rings. The zero-order valence-corrected chi connectivity index (χ0v) is 13.4. The van der Waals surface area contributed by atoms with Crippen molar-refractivity contribution in [3.05, 3.63) is 53.8 Å². The number of nitrogens with zero attached hydrogens (tertiary/aromatic N) is 2. The highest BCUT2D eigenvalue weighted by molar-refractivity contribution is 6.30. The summed E-state index contributed by atoms with van der Waals surface area (Å²) in [5, 5.41) is 3.35. The number of piperidine rings is 1. The summed E-state index contributed by atoms with van der Waals surface area (Å²) in [6.45, 7) is 1.73. The lowest BCUT2D eigenvalue weighted by Crippen LogP contribution is -2.38. The number of halogens is 1. The molecule has 1 aromatic carbocycles. The van der Waals surface area contributed by atoms with E-state index < -0.39 is 6.09 Å². The predicted octanol–water partition coefficient (Wildman–Crippen LogP) is 3.95. The number of hydrogen-bond acceptors (Lipinski definition) is 4. The van der Waals surface area contributed by atoms with Gasteiger partial charge in [0.2, 0.25) is 0 Å². The van der Waals surface area contributed by atoms with Crippen LogP contribution in [-0.2, 0) is 4.74 Å². The van der Waals surface area contributed by atoms with E-state index in [-0.39, 0.29) is 6.10 Å². The van der Waals surface area contributed by atoms with Crippen LogP contribution in [0.4, 0.5) is 16.2 Å². The van der Waals surface area contributed by atoms with Crippen LogP contribution in [0, 0.1) is 0 Å². The number of carbonyl (C=O) groups excluding carboxylic acids is 1. The maximum absolute atomic E-state index is 11.9. The van der Waals surface area contributed by atoms with Crippen molar-refractivity contribution < 1.29 is 9.53 Å². The minimum Gasteiger partial charge on any atom is -0.446 e. The first-order valence-corrected chi connectivity index (χ1v) is 7.97. The van der Waals surface area contributed by atoms with Gasteiger partial charge in [0, 0.05) is 54.7 Å². The van der Waals surface area contributed by atoms with Crippen molar-refractivity contribution in [3.8, 4) is 0 Å². The van der Waals surface area contributed by atoms with Gasteiger partial charge >= 0.3 is 6.09 Å². The van der Waals surface area contributed by atoms with Crippen molar-refractivity contribution in [2.45, 2.75) is 18.9 Å². The van der Waals surface area contributed by atoms with Crippen LogP contribution in [-0.4, -0.2) is 30.3 Å². The molecule has 0 unspecified atom stereocenters. The lowest BCUT2D eigenvalue weighted by molar-refractivity contribution is 0.0951. The molecule has 1 aromatic heterocycles. The van der Waals surface area contributed by atoms with Crippen LogP contribution in [0.15, 0.2) is 48.8 Å². The smallest absolute Gasteiger partial charge is 0.411 e. The Hall–Kier alpha value is -2.27. The van der Waals surface area contributed by atoms with Crippen LogP contribution >= 0.6 is 11.6 Å². The summed E-state index contributed by atoms with van der Waals surface area (Å²) in [5.74, 6) is 0. The molecule has 0 spiro atoms. The van der Waals surface area contributed by atoms with Gasteiger partial charge in [-0.15, -0.1) is 0 Å². The molecular weight excluding hydrogens is 314 g/mol. The fourth-order valence-corrected chi connectivity index (χ4v) is 2.74. The first-order valence-electron chi connectivity index (χ1n) is 7.59. The van der Waals surface area contributed by atoms with E-state index in [9.17, 15) is 4.79 Å². The van der Waals surface area contributed by atoms with Crippen LogP contribution in [0.5, 0.6) is 0 Å². The molecule has 2 heterocycles. The highest BCUT2D eigenvalue weighted by atomic mass is 35.5. The lowest BCUT2D eigenvalue weighted by Gasteiger charge is -2.33. The van der Waals surface area contributed by atoms with Crippen LogP contribution in [0.25, 0.3) is 0 Å². The summed E-state index contributed by atoms with van der Waals surface area (Å²) >= 11 is 5.82.